The van der Waals surface area contributed by atoms with Crippen molar-refractivity contribution >= 4 is 10.9 Å². The zero-order chi connectivity index (χ0) is 9.97. The maximum absolute atomic E-state index is 8.73. The third-order valence-corrected chi connectivity index (χ3v) is 2.23. The summed E-state index contributed by atoms with van der Waals surface area (Å²) in [6.45, 7) is 4.50. The molecule has 1 aromatic heterocycles. The van der Waals surface area contributed by atoms with Crippen LogP contribution < -0.4 is 0 Å². The number of hydrogen-bond donors (Lipinski definition) is 0. The molecule has 68 valence electrons. The van der Waals surface area contributed by atoms with Crippen molar-refractivity contribution in [1.29, 1.82) is 5.26 Å². The van der Waals surface area contributed by atoms with Crippen molar-refractivity contribution in [2.45, 2.75) is 6.54 Å². The summed E-state index contributed by atoms with van der Waals surface area (Å²) >= 11 is 0. The highest BCUT2D eigenvalue weighted by atomic mass is 14.9. The second kappa shape index (κ2) is 3.39. The van der Waals surface area contributed by atoms with E-state index in [4.69, 9.17) is 5.26 Å². The van der Waals surface area contributed by atoms with Gasteiger partial charge in [-0.1, -0.05) is 6.08 Å². The van der Waals surface area contributed by atoms with Crippen molar-refractivity contribution in [2.24, 2.45) is 0 Å². The molecule has 14 heavy (non-hydrogen) atoms. The van der Waals surface area contributed by atoms with Gasteiger partial charge in [0.15, 0.2) is 0 Å². The van der Waals surface area contributed by atoms with E-state index >= 15 is 0 Å². The number of fused-ring (bicyclic) bond motifs is 1. The van der Waals surface area contributed by atoms with Gasteiger partial charge in [-0.25, -0.2) is 0 Å². The Morgan fingerprint density at radius 1 is 1.43 bits per heavy atom. The summed E-state index contributed by atoms with van der Waals surface area (Å²) in [7, 11) is 0. The lowest BCUT2D eigenvalue weighted by atomic mass is 10.2. The predicted octanol–water partition coefficient (Wildman–Crippen LogP) is 2.70. The van der Waals surface area contributed by atoms with Crippen LogP contribution in [0.3, 0.4) is 0 Å². The third kappa shape index (κ3) is 1.29. The first-order valence-electron chi connectivity index (χ1n) is 4.45. The van der Waals surface area contributed by atoms with E-state index in [1.807, 2.05) is 36.5 Å². The summed E-state index contributed by atoms with van der Waals surface area (Å²) in [5.74, 6) is 0. The fraction of sp³-hybridized carbons (Fsp3) is 0.0833. The van der Waals surface area contributed by atoms with E-state index in [2.05, 4.69) is 17.2 Å². The van der Waals surface area contributed by atoms with E-state index in [1.54, 1.807) is 0 Å². The molecule has 0 saturated heterocycles. The molecule has 0 radical (unpaired) electrons. The maximum atomic E-state index is 8.73. The van der Waals surface area contributed by atoms with E-state index in [9.17, 15) is 0 Å². The van der Waals surface area contributed by atoms with E-state index < -0.39 is 0 Å². The van der Waals surface area contributed by atoms with Crippen LogP contribution in [-0.2, 0) is 6.54 Å². The van der Waals surface area contributed by atoms with Crippen molar-refractivity contribution in [3.63, 3.8) is 0 Å². The first-order chi connectivity index (χ1) is 6.85. The molecule has 0 aliphatic carbocycles. The highest BCUT2D eigenvalue weighted by Crippen LogP contribution is 2.17. The van der Waals surface area contributed by atoms with Crippen molar-refractivity contribution in [3.05, 3.63) is 48.7 Å². The smallest absolute Gasteiger partial charge is 0.0991 e. The molecule has 2 aromatic rings. The lowest BCUT2D eigenvalue weighted by Gasteiger charge is -2.00. The number of nitriles is 1. The molecular weight excluding hydrogens is 172 g/mol. The van der Waals surface area contributed by atoms with Gasteiger partial charge < -0.3 is 4.57 Å². The Kier molecular flexibility index (Phi) is 2.08. The Balaban J connectivity index is 2.60. The number of hydrogen-bond acceptors (Lipinski definition) is 1. The molecule has 1 heterocycles. The van der Waals surface area contributed by atoms with Crippen LogP contribution in [-0.4, -0.2) is 4.57 Å². The summed E-state index contributed by atoms with van der Waals surface area (Å²) in [4.78, 5) is 0. The largest absolute Gasteiger partial charge is 0.344 e. The van der Waals surface area contributed by atoms with Crippen LogP contribution in [0.4, 0.5) is 0 Å². The molecule has 0 saturated carbocycles. The second-order valence-electron chi connectivity index (χ2n) is 3.14. The fourth-order valence-corrected chi connectivity index (χ4v) is 1.57. The van der Waals surface area contributed by atoms with Gasteiger partial charge in [-0.15, -0.1) is 6.58 Å². The van der Waals surface area contributed by atoms with Crippen LogP contribution in [0.15, 0.2) is 43.1 Å². The molecule has 2 rings (SSSR count). The minimum absolute atomic E-state index is 0.703. The van der Waals surface area contributed by atoms with Gasteiger partial charge >= 0.3 is 0 Å². The summed E-state index contributed by atoms with van der Waals surface area (Å²) in [5, 5.41) is 9.84. The van der Waals surface area contributed by atoms with E-state index in [0.717, 1.165) is 17.4 Å². The third-order valence-electron chi connectivity index (χ3n) is 2.23. The molecule has 2 heteroatoms. The summed E-state index contributed by atoms with van der Waals surface area (Å²) in [6, 6.07) is 9.85. The van der Waals surface area contributed by atoms with Gasteiger partial charge in [0, 0.05) is 23.6 Å². The van der Waals surface area contributed by atoms with Gasteiger partial charge in [-0.3, -0.25) is 0 Å². The van der Waals surface area contributed by atoms with Crippen LogP contribution >= 0.6 is 0 Å². The van der Waals surface area contributed by atoms with Crippen LogP contribution in [0.25, 0.3) is 10.9 Å². The predicted molar refractivity (Wildman–Crippen MR) is 56.9 cm³/mol. The number of aromatic nitrogens is 1. The number of allylic oxidation sites excluding steroid dienone is 1. The van der Waals surface area contributed by atoms with Crippen LogP contribution in [0.1, 0.15) is 5.56 Å². The van der Waals surface area contributed by atoms with Gasteiger partial charge in [0.1, 0.15) is 0 Å². The Morgan fingerprint density at radius 3 is 3.00 bits per heavy atom. The number of benzene rings is 1. The zero-order valence-corrected chi connectivity index (χ0v) is 7.77. The minimum Gasteiger partial charge on any atom is -0.344 e. The minimum atomic E-state index is 0.703. The normalized spacial score (nSPS) is 9.93. The Morgan fingerprint density at radius 2 is 2.29 bits per heavy atom. The van der Waals surface area contributed by atoms with Crippen molar-refractivity contribution in [3.8, 4) is 6.07 Å². The topological polar surface area (TPSA) is 28.7 Å². The average molecular weight is 182 g/mol. The molecule has 0 N–H and O–H groups in total. The number of rotatable bonds is 2. The lowest BCUT2D eigenvalue weighted by Crippen LogP contribution is -1.91. The van der Waals surface area contributed by atoms with Crippen molar-refractivity contribution in [1.82, 2.24) is 4.57 Å². The van der Waals surface area contributed by atoms with Crippen molar-refractivity contribution in [2.75, 3.05) is 0 Å². The fourth-order valence-electron chi connectivity index (χ4n) is 1.57. The van der Waals surface area contributed by atoms with Gasteiger partial charge in [0.05, 0.1) is 11.6 Å². The summed E-state index contributed by atoms with van der Waals surface area (Å²) in [6.07, 6.45) is 3.87. The molecule has 1 aromatic carbocycles. The maximum Gasteiger partial charge on any atom is 0.0991 e. The molecular formula is C12H10N2. The van der Waals surface area contributed by atoms with Crippen LogP contribution in [0, 0.1) is 11.3 Å². The lowest BCUT2D eigenvalue weighted by molar-refractivity contribution is 0.865. The first kappa shape index (κ1) is 8.58. The molecule has 0 bridgehead atoms. The second-order valence-corrected chi connectivity index (χ2v) is 3.14. The van der Waals surface area contributed by atoms with Crippen molar-refractivity contribution < 1.29 is 0 Å². The quantitative estimate of drug-likeness (QED) is 0.656. The molecule has 0 unspecified atom stereocenters. The van der Waals surface area contributed by atoms with Gasteiger partial charge in [0.2, 0.25) is 0 Å². The van der Waals surface area contributed by atoms with Gasteiger partial charge in [-0.05, 0) is 24.3 Å². The standard InChI is InChI=1S/C12H10N2/c1-2-6-14-7-5-11-8-10(9-13)3-4-12(11)14/h2-5,7-8H,1,6H2. The van der Waals surface area contributed by atoms with Crippen LogP contribution in [0.5, 0.6) is 0 Å². The van der Waals surface area contributed by atoms with E-state index in [0.29, 0.717) is 5.56 Å². The SMILES string of the molecule is C=CCn1ccc2cc(C#N)ccc21. The highest BCUT2D eigenvalue weighted by molar-refractivity contribution is 5.81. The molecule has 0 aliphatic rings. The molecule has 2 nitrogen and oxygen atoms in total. The molecule has 0 atom stereocenters. The van der Waals surface area contributed by atoms with E-state index in [1.165, 1.54) is 0 Å². The summed E-state index contributed by atoms with van der Waals surface area (Å²) < 4.78 is 2.10. The monoisotopic (exact) mass is 182 g/mol. The molecule has 0 aliphatic heterocycles. The summed E-state index contributed by atoms with van der Waals surface area (Å²) in [5.41, 5.74) is 1.85. The Labute approximate surface area is 82.7 Å². The van der Waals surface area contributed by atoms with E-state index in [-0.39, 0.29) is 0 Å². The average Bonchev–Trinajstić information content (AvgIpc) is 2.61. The molecule has 0 spiro atoms. The zero-order valence-electron chi connectivity index (χ0n) is 7.77. The van der Waals surface area contributed by atoms with Gasteiger partial charge in [0.25, 0.3) is 0 Å². The first-order valence-corrected chi connectivity index (χ1v) is 4.45. The Bertz CT molecular complexity index is 515. The molecule has 0 fully saturated rings. The van der Waals surface area contributed by atoms with Gasteiger partial charge in [-0.2, -0.15) is 5.26 Å². The Hall–Kier alpha value is -2.01. The van der Waals surface area contributed by atoms with Crippen LogP contribution in [0.2, 0.25) is 0 Å². The number of nitrogens with zero attached hydrogens (tertiary/aromatic N) is 2. The molecule has 0 amide bonds. The highest BCUT2D eigenvalue weighted by Gasteiger charge is 1.99.